The van der Waals surface area contributed by atoms with Crippen molar-refractivity contribution in [3.63, 3.8) is 0 Å². The summed E-state index contributed by atoms with van der Waals surface area (Å²) in [5.41, 5.74) is 0. The van der Waals surface area contributed by atoms with Crippen LogP contribution < -0.4 is 0 Å². The number of hydrogen-bond acceptors (Lipinski definition) is 4. The Bertz CT molecular complexity index is 318. The topological polar surface area (TPSA) is 118 Å². The van der Waals surface area contributed by atoms with Crippen LogP contribution in [0, 0.1) is 10.1 Å². The first-order chi connectivity index (χ1) is 9.43. The molecular weight excluding hydrogens is 266 g/mol. The fourth-order valence-electron chi connectivity index (χ4n) is 2.02. The summed E-state index contributed by atoms with van der Waals surface area (Å²) in [5, 5.41) is 27.6. The van der Waals surface area contributed by atoms with Gasteiger partial charge in [0.15, 0.2) is 0 Å². The van der Waals surface area contributed by atoms with Crippen LogP contribution >= 0.6 is 0 Å². The average molecular weight is 289 g/mol. The first-order valence-electron chi connectivity index (χ1n) is 7.00. The van der Waals surface area contributed by atoms with Crippen LogP contribution in [0.1, 0.15) is 64.2 Å². The molecule has 20 heavy (non-hydrogen) atoms. The largest absolute Gasteiger partial charge is 0.481 e. The van der Waals surface area contributed by atoms with Crippen LogP contribution in [0.5, 0.6) is 0 Å². The van der Waals surface area contributed by atoms with E-state index in [2.05, 4.69) is 0 Å². The Kier molecular flexibility index (Phi) is 10.3. The molecule has 0 aromatic heterocycles. The molecule has 0 aromatic carbocycles. The van der Waals surface area contributed by atoms with Gasteiger partial charge in [-0.2, -0.15) is 0 Å². The standard InChI is InChI=1S/C13H23NO6/c15-12(16)9-7-5-3-1-2-4-6-8-11(14(19)20)10-13(17)18/h11H,1-10H2,(H,15,16)(H,17,18). The van der Waals surface area contributed by atoms with Gasteiger partial charge in [0.05, 0.1) is 0 Å². The molecule has 0 bridgehead atoms. The van der Waals surface area contributed by atoms with Crippen molar-refractivity contribution in [2.75, 3.05) is 0 Å². The highest BCUT2D eigenvalue weighted by atomic mass is 16.6. The second kappa shape index (κ2) is 11.2. The van der Waals surface area contributed by atoms with Gasteiger partial charge in [-0.1, -0.05) is 32.1 Å². The van der Waals surface area contributed by atoms with Gasteiger partial charge in [0.2, 0.25) is 6.04 Å². The van der Waals surface area contributed by atoms with E-state index in [-0.39, 0.29) is 6.42 Å². The van der Waals surface area contributed by atoms with Crippen molar-refractivity contribution in [1.29, 1.82) is 0 Å². The predicted octanol–water partition coefficient (Wildman–Crippen LogP) is 2.70. The predicted molar refractivity (Wildman–Crippen MR) is 72.2 cm³/mol. The lowest BCUT2D eigenvalue weighted by Crippen LogP contribution is -2.22. The van der Waals surface area contributed by atoms with Crippen molar-refractivity contribution in [3.05, 3.63) is 10.1 Å². The molecule has 0 radical (unpaired) electrons. The van der Waals surface area contributed by atoms with Gasteiger partial charge >= 0.3 is 11.9 Å². The van der Waals surface area contributed by atoms with Gasteiger partial charge in [-0.05, 0) is 12.8 Å². The number of hydrogen-bond donors (Lipinski definition) is 2. The molecule has 0 spiro atoms. The molecule has 116 valence electrons. The first-order valence-corrected chi connectivity index (χ1v) is 7.00. The minimum absolute atomic E-state index is 0.208. The SMILES string of the molecule is O=C(O)CCCCCCCCCC(CC(=O)O)[N+](=O)[O-]. The fraction of sp³-hybridized carbons (Fsp3) is 0.846. The highest BCUT2D eigenvalue weighted by Gasteiger charge is 2.22. The average Bonchev–Trinajstić information content (AvgIpc) is 2.34. The Hall–Kier alpha value is -1.66. The molecule has 1 atom stereocenters. The second-order valence-corrected chi connectivity index (χ2v) is 4.94. The molecule has 0 aliphatic heterocycles. The molecule has 0 heterocycles. The number of nitro groups is 1. The molecule has 1 unspecified atom stereocenters. The van der Waals surface area contributed by atoms with Gasteiger partial charge in [0.1, 0.15) is 6.42 Å². The van der Waals surface area contributed by atoms with Gasteiger partial charge in [-0.25, -0.2) is 0 Å². The summed E-state index contributed by atoms with van der Waals surface area (Å²) in [6.07, 6.45) is 6.10. The minimum Gasteiger partial charge on any atom is -0.481 e. The van der Waals surface area contributed by atoms with Crippen molar-refractivity contribution >= 4 is 11.9 Å². The molecule has 0 fully saturated rings. The smallest absolute Gasteiger partial charge is 0.310 e. The summed E-state index contributed by atoms with van der Waals surface area (Å²) in [5.74, 6) is -1.90. The maximum absolute atomic E-state index is 10.6. The van der Waals surface area contributed by atoms with E-state index in [4.69, 9.17) is 10.2 Å². The number of rotatable bonds is 13. The van der Waals surface area contributed by atoms with E-state index in [1.165, 1.54) is 0 Å². The molecule has 0 aliphatic carbocycles. The van der Waals surface area contributed by atoms with E-state index >= 15 is 0 Å². The number of carboxylic acid groups (broad SMARTS) is 2. The molecule has 7 heteroatoms. The van der Waals surface area contributed by atoms with Gasteiger partial charge in [-0.3, -0.25) is 19.7 Å². The minimum atomic E-state index is -1.13. The molecule has 0 saturated heterocycles. The molecule has 7 nitrogen and oxygen atoms in total. The van der Waals surface area contributed by atoms with Gasteiger partial charge < -0.3 is 10.2 Å². The van der Waals surface area contributed by atoms with Gasteiger partial charge in [0.25, 0.3) is 0 Å². The monoisotopic (exact) mass is 289 g/mol. The number of carbonyl (C=O) groups is 2. The summed E-state index contributed by atoms with van der Waals surface area (Å²) in [6, 6.07) is -0.983. The van der Waals surface area contributed by atoms with Crippen LogP contribution in [0.15, 0.2) is 0 Å². The number of aliphatic carboxylic acids is 2. The van der Waals surface area contributed by atoms with E-state index in [9.17, 15) is 19.7 Å². The van der Waals surface area contributed by atoms with Crippen LogP contribution in [0.2, 0.25) is 0 Å². The van der Waals surface area contributed by atoms with Crippen molar-refractivity contribution in [2.24, 2.45) is 0 Å². The molecule has 2 N–H and O–H groups in total. The lowest BCUT2D eigenvalue weighted by molar-refractivity contribution is -0.522. The lowest BCUT2D eigenvalue weighted by atomic mass is 10.0. The fourth-order valence-corrected chi connectivity index (χ4v) is 2.02. The highest BCUT2D eigenvalue weighted by Crippen LogP contribution is 2.13. The molecule has 0 aliphatic rings. The Morgan fingerprint density at radius 3 is 1.85 bits per heavy atom. The lowest BCUT2D eigenvalue weighted by Gasteiger charge is -2.06. The third-order valence-electron chi connectivity index (χ3n) is 3.14. The summed E-state index contributed by atoms with van der Waals surface area (Å²) in [7, 11) is 0. The normalized spacial score (nSPS) is 12.0. The first kappa shape index (κ1) is 18.3. The van der Waals surface area contributed by atoms with Crippen molar-refractivity contribution in [3.8, 4) is 0 Å². The van der Waals surface area contributed by atoms with E-state index in [0.717, 1.165) is 32.1 Å². The zero-order valence-electron chi connectivity index (χ0n) is 11.6. The highest BCUT2D eigenvalue weighted by molar-refractivity contribution is 5.67. The summed E-state index contributed by atoms with van der Waals surface area (Å²) < 4.78 is 0. The second-order valence-electron chi connectivity index (χ2n) is 4.94. The zero-order chi connectivity index (χ0) is 15.4. The molecule has 0 aromatic rings. The Morgan fingerprint density at radius 2 is 1.40 bits per heavy atom. The zero-order valence-corrected chi connectivity index (χ0v) is 11.6. The van der Waals surface area contributed by atoms with Crippen LogP contribution in [-0.4, -0.2) is 33.1 Å². The molecule has 0 saturated carbocycles. The van der Waals surface area contributed by atoms with Gasteiger partial charge in [-0.15, -0.1) is 0 Å². The van der Waals surface area contributed by atoms with E-state index in [0.29, 0.717) is 19.3 Å². The Labute approximate surface area is 118 Å². The molecule has 0 rings (SSSR count). The molecule has 0 amide bonds. The van der Waals surface area contributed by atoms with Gasteiger partial charge in [0, 0.05) is 17.8 Å². The van der Waals surface area contributed by atoms with E-state index < -0.39 is 29.3 Å². The summed E-state index contributed by atoms with van der Waals surface area (Å²) in [6.45, 7) is 0. The van der Waals surface area contributed by atoms with Crippen LogP contribution in [0.25, 0.3) is 0 Å². The third-order valence-corrected chi connectivity index (χ3v) is 3.14. The van der Waals surface area contributed by atoms with Crippen molar-refractivity contribution in [2.45, 2.75) is 70.3 Å². The Morgan fingerprint density at radius 1 is 0.900 bits per heavy atom. The van der Waals surface area contributed by atoms with E-state index in [1.54, 1.807) is 0 Å². The summed E-state index contributed by atoms with van der Waals surface area (Å²) in [4.78, 5) is 30.8. The summed E-state index contributed by atoms with van der Waals surface area (Å²) >= 11 is 0. The quantitative estimate of drug-likeness (QED) is 0.306. The van der Waals surface area contributed by atoms with Crippen molar-refractivity contribution in [1.82, 2.24) is 0 Å². The van der Waals surface area contributed by atoms with Crippen LogP contribution in [-0.2, 0) is 9.59 Å². The maximum atomic E-state index is 10.6. The van der Waals surface area contributed by atoms with E-state index in [1.807, 2.05) is 0 Å². The Balaban J connectivity index is 3.48. The van der Waals surface area contributed by atoms with Crippen LogP contribution in [0.4, 0.5) is 0 Å². The maximum Gasteiger partial charge on any atom is 0.310 e. The number of carboxylic acids is 2. The number of nitrogens with zero attached hydrogens (tertiary/aromatic N) is 1. The van der Waals surface area contributed by atoms with Crippen molar-refractivity contribution < 1.29 is 24.7 Å². The number of unbranched alkanes of at least 4 members (excludes halogenated alkanes) is 6. The molecular formula is C13H23NO6. The third kappa shape index (κ3) is 11.4. The van der Waals surface area contributed by atoms with Crippen LogP contribution in [0.3, 0.4) is 0 Å².